The fourth-order valence-corrected chi connectivity index (χ4v) is 6.63. The van der Waals surface area contributed by atoms with Gasteiger partial charge in [0.25, 0.3) is 5.78 Å². The predicted octanol–water partition coefficient (Wildman–Crippen LogP) is 6.57. The molecule has 1 unspecified atom stereocenters. The van der Waals surface area contributed by atoms with Gasteiger partial charge in [-0.2, -0.15) is 0 Å². The molecule has 1 aliphatic rings. The zero-order valence-corrected chi connectivity index (χ0v) is 22.7. The Hall–Kier alpha value is -3.18. The SMILES string of the molecule is CCOc1ccc(/C(O)=C2/C(=O)C(=O)N(c3nnc(SCc4ccc(Cl)cc4)s3)C2c2cccs2)cc1. The highest BCUT2D eigenvalue weighted by Gasteiger charge is 2.48. The molecule has 2 aromatic carbocycles. The molecule has 3 heterocycles. The van der Waals surface area contributed by atoms with Crippen molar-refractivity contribution in [2.45, 2.75) is 23.1 Å². The van der Waals surface area contributed by atoms with Crippen molar-refractivity contribution in [3.8, 4) is 5.75 Å². The maximum absolute atomic E-state index is 13.3. The second-order valence-corrected chi connectivity index (χ2v) is 11.5. The molecule has 188 valence electrons. The molecule has 7 nitrogen and oxygen atoms in total. The molecule has 1 amide bonds. The number of aliphatic hydroxyl groups is 1. The van der Waals surface area contributed by atoms with Gasteiger partial charge in [0.05, 0.1) is 12.2 Å². The molecule has 1 N–H and O–H groups in total. The van der Waals surface area contributed by atoms with Gasteiger partial charge in [-0.15, -0.1) is 21.5 Å². The standard InChI is InChI=1S/C26H20ClN3O4S3/c1-2-34-18-11-7-16(8-12-18)22(31)20-21(19-4-3-13-35-19)30(24(33)23(20)32)25-28-29-26(37-25)36-14-15-5-9-17(27)10-6-15/h3-13,21,31H,2,14H2,1H3/b22-20-. The number of thioether (sulfide) groups is 1. The van der Waals surface area contributed by atoms with E-state index in [9.17, 15) is 14.7 Å². The smallest absolute Gasteiger partial charge is 0.301 e. The predicted molar refractivity (Wildman–Crippen MR) is 148 cm³/mol. The number of halogens is 1. The van der Waals surface area contributed by atoms with Crippen LogP contribution in [0.25, 0.3) is 5.76 Å². The average molecular weight is 570 g/mol. The minimum Gasteiger partial charge on any atom is -0.507 e. The molecule has 0 radical (unpaired) electrons. The van der Waals surface area contributed by atoms with Crippen LogP contribution in [0.1, 0.15) is 29.0 Å². The van der Waals surface area contributed by atoms with Crippen LogP contribution in [-0.2, 0) is 15.3 Å². The van der Waals surface area contributed by atoms with E-state index >= 15 is 0 Å². The quantitative estimate of drug-likeness (QED) is 0.0843. The van der Waals surface area contributed by atoms with Crippen LogP contribution in [0.5, 0.6) is 5.75 Å². The van der Waals surface area contributed by atoms with Gasteiger partial charge in [-0.3, -0.25) is 14.5 Å². The normalized spacial score (nSPS) is 16.9. The summed E-state index contributed by atoms with van der Waals surface area (Å²) in [5.74, 6) is -0.473. The summed E-state index contributed by atoms with van der Waals surface area (Å²) in [6.45, 7) is 2.39. The first-order chi connectivity index (χ1) is 18.0. The fraction of sp³-hybridized carbons (Fsp3) is 0.154. The maximum atomic E-state index is 13.3. The van der Waals surface area contributed by atoms with Gasteiger partial charge in [0.1, 0.15) is 17.6 Å². The zero-order chi connectivity index (χ0) is 25.9. The van der Waals surface area contributed by atoms with Crippen LogP contribution in [0.15, 0.2) is 76.0 Å². The van der Waals surface area contributed by atoms with Crippen molar-refractivity contribution in [2.24, 2.45) is 0 Å². The van der Waals surface area contributed by atoms with Gasteiger partial charge in [-0.05, 0) is 60.3 Å². The van der Waals surface area contributed by atoms with Crippen molar-refractivity contribution in [3.63, 3.8) is 0 Å². The van der Waals surface area contributed by atoms with E-state index in [0.29, 0.717) is 38.2 Å². The summed E-state index contributed by atoms with van der Waals surface area (Å²) in [6, 6.07) is 17.1. The number of anilines is 1. The molecule has 4 aromatic rings. The molecule has 5 rings (SSSR count). The summed E-state index contributed by atoms with van der Waals surface area (Å²) >= 11 is 10.1. The minimum atomic E-state index is -0.811. The van der Waals surface area contributed by atoms with Crippen LogP contribution in [-0.4, -0.2) is 33.6 Å². The Balaban J connectivity index is 1.47. The summed E-state index contributed by atoms with van der Waals surface area (Å²) in [4.78, 5) is 28.6. The molecular weight excluding hydrogens is 550 g/mol. The number of ether oxygens (including phenoxy) is 1. The van der Waals surface area contributed by atoms with E-state index in [1.165, 1.54) is 39.3 Å². The van der Waals surface area contributed by atoms with E-state index in [1.54, 1.807) is 24.3 Å². The molecule has 1 atom stereocenters. The van der Waals surface area contributed by atoms with Crippen LogP contribution in [0.2, 0.25) is 5.02 Å². The topological polar surface area (TPSA) is 92.6 Å². The number of thiophene rings is 1. The molecule has 11 heteroatoms. The van der Waals surface area contributed by atoms with Crippen LogP contribution in [0.4, 0.5) is 5.13 Å². The highest BCUT2D eigenvalue weighted by molar-refractivity contribution is 8.00. The Labute approximate surface area is 230 Å². The van der Waals surface area contributed by atoms with Gasteiger partial charge < -0.3 is 9.84 Å². The molecule has 1 aliphatic heterocycles. The Morgan fingerprint density at radius 1 is 1.11 bits per heavy atom. The minimum absolute atomic E-state index is 0.0159. The summed E-state index contributed by atoms with van der Waals surface area (Å²) in [7, 11) is 0. The molecule has 0 saturated carbocycles. The molecule has 0 aliphatic carbocycles. The first kappa shape index (κ1) is 25.5. The van der Waals surface area contributed by atoms with Gasteiger partial charge in [0.15, 0.2) is 4.34 Å². The number of amides is 1. The number of hydrogen-bond donors (Lipinski definition) is 1. The molecule has 2 aromatic heterocycles. The van der Waals surface area contributed by atoms with Gasteiger partial charge in [-0.25, -0.2) is 0 Å². The number of carbonyl (C=O) groups excluding carboxylic acids is 2. The Kier molecular flexibility index (Phi) is 7.61. The third-order valence-corrected chi connectivity index (χ3v) is 8.88. The number of ketones is 1. The number of aromatic nitrogens is 2. The molecule has 37 heavy (non-hydrogen) atoms. The van der Waals surface area contributed by atoms with Crippen molar-refractivity contribution in [3.05, 3.63) is 92.6 Å². The second-order valence-electron chi connectivity index (χ2n) is 7.91. The van der Waals surface area contributed by atoms with Crippen LogP contribution >= 0.6 is 46.0 Å². The van der Waals surface area contributed by atoms with Crippen LogP contribution in [0.3, 0.4) is 0 Å². The number of nitrogens with zero attached hydrogens (tertiary/aromatic N) is 3. The third-order valence-electron chi connectivity index (χ3n) is 5.57. The Morgan fingerprint density at radius 3 is 2.54 bits per heavy atom. The van der Waals surface area contributed by atoms with Crippen LogP contribution < -0.4 is 9.64 Å². The summed E-state index contributed by atoms with van der Waals surface area (Å²) < 4.78 is 6.12. The number of rotatable bonds is 8. The first-order valence-corrected chi connectivity index (χ1v) is 14.3. The summed E-state index contributed by atoms with van der Waals surface area (Å²) in [6.07, 6.45) is 0. The lowest BCUT2D eigenvalue weighted by atomic mass is 10.00. The monoisotopic (exact) mass is 569 g/mol. The number of carbonyl (C=O) groups is 2. The molecular formula is C26H20ClN3O4S3. The van der Waals surface area contributed by atoms with E-state index in [-0.39, 0.29) is 11.3 Å². The van der Waals surface area contributed by atoms with Crippen molar-refractivity contribution >= 4 is 68.6 Å². The van der Waals surface area contributed by atoms with E-state index in [1.807, 2.05) is 48.7 Å². The van der Waals surface area contributed by atoms with Crippen LogP contribution in [0, 0.1) is 0 Å². The maximum Gasteiger partial charge on any atom is 0.301 e. The lowest BCUT2D eigenvalue weighted by Gasteiger charge is -2.20. The van der Waals surface area contributed by atoms with Crippen molar-refractivity contribution in [1.29, 1.82) is 0 Å². The van der Waals surface area contributed by atoms with E-state index < -0.39 is 17.7 Å². The molecule has 1 saturated heterocycles. The van der Waals surface area contributed by atoms with Gasteiger partial charge in [-0.1, -0.05) is 52.9 Å². The molecule has 0 bridgehead atoms. The fourth-order valence-electron chi connectivity index (χ4n) is 3.86. The van der Waals surface area contributed by atoms with E-state index in [4.69, 9.17) is 16.3 Å². The number of benzene rings is 2. The number of hydrogen-bond acceptors (Lipinski definition) is 9. The highest BCUT2D eigenvalue weighted by Crippen LogP contribution is 2.45. The van der Waals surface area contributed by atoms with E-state index in [0.717, 1.165) is 10.4 Å². The third kappa shape index (κ3) is 5.28. The largest absolute Gasteiger partial charge is 0.507 e. The van der Waals surface area contributed by atoms with Crippen molar-refractivity contribution in [2.75, 3.05) is 11.5 Å². The second kappa shape index (κ2) is 11.1. The molecule has 1 fully saturated rings. The van der Waals surface area contributed by atoms with Crippen molar-refractivity contribution < 1.29 is 19.4 Å². The highest BCUT2D eigenvalue weighted by atomic mass is 35.5. The van der Waals surface area contributed by atoms with Gasteiger partial charge >= 0.3 is 5.91 Å². The average Bonchev–Trinajstić information content (AvgIpc) is 3.65. The Bertz CT molecular complexity index is 1450. The van der Waals surface area contributed by atoms with Gasteiger partial charge in [0.2, 0.25) is 5.13 Å². The lowest BCUT2D eigenvalue weighted by Crippen LogP contribution is -2.29. The number of aliphatic hydroxyl groups excluding tert-OH is 1. The zero-order valence-electron chi connectivity index (χ0n) is 19.5. The molecule has 0 spiro atoms. The summed E-state index contributed by atoms with van der Waals surface area (Å²) in [5.41, 5.74) is 1.50. The first-order valence-electron chi connectivity index (χ1n) is 11.2. The van der Waals surface area contributed by atoms with Crippen molar-refractivity contribution in [1.82, 2.24) is 10.2 Å². The lowest BCUT2D eigenvalue weighted by molar-refractivity contribution is -0.132. The van der Waals surface area contributed by atoms with E-state index in [2.05, 4.69) is 10.2 Å². The summed E-state index contributed by atoms with van der Waals surface area (Å²) in [5, 5.41) is 22.5. The van der Waals surface area contributed by atoms with Gasteiger partial charge in [0, 0.05) is 21.2 Å². The number of Topliss-reactive ketones (excluding diaryl/α,β-unsaturated/α-hetero) is 1. The Morgan fingerprint density at radius 2 is 1.86 bits per heavy atom.